The van der Waals surface area contributed by atoms with Gasteiger partial charge >= 0.3 is 11.9 Å². The van der Waals surface area contributed by atoms with Crippen LogP contribution in [0.15, 0.2) is 17.6 Å². The highest BCUT2D eigenvalue weighted by Crippen LogP contribution is 2.15. The van der Waals surface area contributed by atoms with Crippen molar-refractivity contribution < 1.29 is 28.7 Å². The maximum absolute atomic E-state index is 11.6. The van der Waals surface area contributed by atoms with E-state index in [1.54, 1.807) is 13.8 Å². The van der Waals surface area contributed by atoms with Crippen LogP contribution in [0.25, 0.3) is 0 Å². The van der Waals surface area contributed by atoms with E-state index in [0.29, 0.717) is 22.1 Å². The Bertz CT molecular complexity index is 1090. The number of amides is 2. The first kappa shape index (κ1) is 28.8. The number of aromatic amines is 1. The summed E-state index contributed by atoms with van der Waals surface area (Å²) in [6, 6.07) is 0. The van der Waals surface area contributed by atoms with Crippen molar-refractivity contribution in [3.63, 3.8) is 0 Å². The first-order valence-electron chi connectivity index (χ1n) is 10.4. The monoisotopic (exact) mass is 509 g/mol. The van der Waals surface area contributed by atoms with E-state index in [4.69, 9.17) is 21.7 Å². The van der Waals surface area contributed by atoms with Crippen molar-refractivity contribution in [2.75, 3.05) is 19.5 Å². The molecule has 2 amide bonds. The minimum Gasteiger partial charge on any atom is -0.466 e. The van der Waals surface area contributed by atoms with Gasteiger partial charge in [0.05, 0.1) is 42.9 Å². The lowest BCUT2D eigenvalue weighted by Crippen LogP contribution is -2.37. The SMILES string of the molecule is CC.CCOC(=O)Cc1[nH]c(=S)ncc1C(=O)OCC.CSc1ncc2c(n1)CC(=O)NC2=O. The Morgan fingerprint density at radius 2 is 1.79 bits per heavy atom. The van der Waals surface area contributed by atoms with Crippen LogP contribution in [0.4, 0.5) is 0 Å². The highest BCUT2D eigenvalue weighted by atomic mass is 32.2. The molecule has 1 aliphatic heterocycles. The van der Waals surface area contributed by atoms with Crippen molar-refractivity contribution in [1.29, 1.82) is 0 Å². The minimum atomic E-state index is -0.546. The van der Waals surface area contributed by atoms with E-state index in [-0.39, 0.29) is 42.3 Å². The van der Waals surface area contributed by atoms with Crippen LogP contribution in [-0.4, -0.2) is 63.2 Å². The number of imide groups is 1. The summed E-state index contributed by atoms with van der Waals surface area (Å²) in [5.41, 5.74) is 1.45. The molecular weight excluding hydrogens is 482 g/mol. The molecule has 184 valence electrons. The number of ether oxygens (including phenoxy) is 2. The number of fused-ring (bicyclic) bond motifs is 1. The van der Waals surface area contributed by atoms with Gasteiger partial charge in [-0.15, -0.1) is 0 Å². The van der Waals surface area contributed by atoms with Gasteiger partial charge in [0.15, 0.2) is 9.93 Å². The van der Waals surface area contributed by atoms with Crippen molar-refractivity contribution in [1.82, 2.24) is 25.3 Å². The number of hydrogen-bond acceptors (Lipinski definition) is 11. The number of thioether (sulfide) groups is 1. The predicted octanol–water partition coefficient (Wildman–Crippen LogP) is 2.46. The minimum absolute atomic E-state index is 0.0753. The van der Waals surface area contributed by atoms with Crippen molar-refractivity contribution >= 4 is 47.7 Å². The van der Waals surface area contributed by atoms with E-state index < -0.39 is 17.8 Å². The number of rotatable bonds is 6. The van der Waals surface area contributed by atoms with Crippen LogP contribution in [0.3, 0.4) is 0 Å². The number of carbonyl (C=O) groups is 4. The average molecular weight is 510 g/mol. The molecule has 2 aromatic rings. The maximum Gasteiger partial charge on any atom is 0.341 e. The van der Waals surface area contributed by atoms with Crippen molar-refractivity contribution in [2.24, 2.45) is 0 Å². The predicted molar refractivity (Wildman–Crippen MR) is 127 cm³/mol. The Balaban J connectivity index is 0.000000324. The summed E-state index contributed by atoms with van der Waals surface area (Å²) in [4.78, 5) is 59.9. The third-order valence-electron chi connectivity index (χ3n) is 3.87. The van der Waals surface area contributed by atoms with Gasteiger partial charge in [0.1, 0.15) is 0 Å². The molecule has 2 N–H and O–H groups in total. The van der Waals surface area contributed by atoms with Gasteiger partial charge in [-0.2, -0.15) is 0 Å². The lowest BCUT2D eigenvalue weighted by atomic mass is 10.1. The van der Waals surface area contributed by atoms with Gasteiger partial charge in [-0.1, -0.05) is 25.6 Å². The zero-order valence-electron chi connectivity index (χ0n) is 19.6. The zero-order valence-corrected chi connectivity index (χ0v) is 21.2. The van der Waals surface area contributed by atoms with Crippen LogP contribution in [0.5, 0.6) is 0 Å². The summed E-state index contributed by atoms with van der Waals surface area (Å²) < 4.78 is 9.88. The molecule has 0 radical (unpaired) electrons. The molecule has 1 aliphatic rings. The molecule has 0 aliphatic carbocycles. The molecule has 0 spiro atoms. The summed E-state index contributed by atoms with van der Waals surface area (Å²) in [5.74, 6) is -1.72. The Labute approximate surface area is 206 Å². The number of aromatic nitrogens is 4. The van der Waals surface area contributed by atoms with E-state index in [0.717, 1.165) is 0 Å². The second-order valence-corrected chi connectivity index (χ2v) is 7.21. The molecule has 34 heavy (non-hydrogen) atoms. The van der Waals surface area contributed by atoms with Crippen LogP contribution >= 0.6 is 24.0 Å². The highest BCUT2D eigenvalue weighted by molar-refractivity contribution is 7.98. The first-order chi connectivity index (χ1) is 16.3. The molecule has 11 nitrogen and oxygen atoms in total. The quantitative estimate of drug-likeness (QED) is 0.194. The molecule has 3 rings (SSSR count). The number of nitrogens with zero attached hydrogens (tertiary/aromatic N) is 3. The van der Waals surface area contributed by atoms with E-state index in [1.807, 2.05) is 20.1 Å². The van der Waals surface area contributed by atoms with Crippen molar-refractivity contribution in [2.45, 2.75) is 45.7 Å². The zero-order chi connectivity index (χ0) is 25.7. The molecule has 0 saturated heterocycles. The summed E-state index contributed by atoms with van der Waals surface area (Å²) in [6.07, 6.45) is 4.67. The summed E-state index contributed by atoms with van der Waals surface area (Å²) >= 11 is 6.24. The molecule has 0 fully saturated rings. The van der Waals surface area contributed by atoms with Crippen LogP contribution in [0.2, 0.25) is 0 Å². The fraction of sp³-hybridized carbons (Fsp3) is 0.429. The van der Waals surface area contributed by atoms with Gasteiger partial charge in [-0.25, -0.2) is 19.7 Å². The number of carbonyl (C=O) groups excluding carboxylic acids is 4. The van der Waals surface area contributed by atoms with Gasteiger partial charge in [0.2, 0.25) is 5.91 Å². The highest BCUT2D eigenvalue weighted by Gasteiger charge is 2.24. The molecule has 13 heteroatoms. The normalized spacial score (nSPS) is 11.6. The van der Waals surface area contributed by atoms with Gasteiger partial charge in [0.25, 0.3) is 5.91 Å². The molecule has 0 bridgehead atoms. The Hall–Kier alpha value is -3.19. The fourth-order valence-electron chi connectivity index (χ4n) is 2.52. The molecule has 0 aromatic carbocycles. The number of hydrogen-bond donors (Lipinski definition) is 2. The summed E-state index contributed by atoms with van der Waals surface area (Å²) in [6.45, 7) is 7.92. The largest absolute Gasteiger partial charge is 0.466 e. The van der Waals surface area contributed by atoms with Crippen LogP contribution < -0.4 is 5.32 Å². The van der Waals surface area contributed by atoms with E-state index >= 15 is 0 Å². The maximum atomic E-state index is 11.6. The molecule has 3 heterocycles. The second-order valence-electron chi connectivity index (χ2n) is 6.05. The third kappa shape index (κ3) is 8.63. The van der Waals surface area contributed by atoms with Crippen LogP contribution in [0, 0.1) is 4.77 Å². The van der Waals surface area contributed by atoms with Crippen molar-refractivity contribution in [3.05, 3.63) is 39.7 Å². The lowest BCUT2D eigenvalue weighted by Gasteiger charge is -2.13. The Morgan fingerprint density at radius 3 is 2.41 bits per heavy atom. The second kappa shape index (κ2) is 14.9. The van der Waals surface area contributed by atoms with E-state index in [1.165, 1.54) is 24.2 Å². The Kier molecular flexibility index (Phi) is 12.6. The Morgan fingerprint density at radius 1 is 1.12 bits per heavy atom. The van der Waals surface area contributed by atoms with Crippen LogP contribution in [0.1, 0.15) is 59.8 Å². The molecule has 0 unspecified atom stereocenters. The summed E-state index contributed by atoms with van der Waals surface area (Å²) in [5, 5.41) is 2.78. The number of nitrogens with one attached hydrogen (secondary N) is 2. The topological polar surface area (TPSA) is 153 Å². The average Bonchev–Trinajstić information content (AvgIpc) is 2.80. The molecular formula is C21H27N5O6S2. The number of H-pyrrole nitrogens is 1. The lowest BCUT2D eigenvalue weighted by molar-refractivity contribution is -0.142. The third-order valence-corrected chi connectivity index (χ3v) is 4.64. The van der Waals surface area contributed by atoms with E-state index in [9.17, 15) is 19.2 Å². The fourth-order valence-corrected chi connectivity index (χ4v) is 3.06. The van der Waals surface area contributed by atoms with E-state index in [2.05, 4.69) is 25.3 Å². The van der Waals surface area contributed by atoms with Gasteiger partial charge in [0, 0.05) is 18.1 Å². The van der Waals surface area contributed by atoms with Gasteiger partial charge < -0.3 is 14.5 Å². The number of esters is 2. The molecule has 0 saturated carbocycles. The van der Waals surface area contributed by atoms with Gasteiger partial charge in [-0.3, -0.25) is 19.7 Å². The molecule has 0 atom stereocenters. The summed E-state index contributed by atoms with van der Waals surface area (Å²) in [7, 11) is 0. The standard InChI is InChI=1S/C11H14N2O4S.C8H7N3O2S.C2H6/c1-3-16-9(14)5-8-7(10(15)17-4-2)6-12-11(18)13-8;1-14-8-9-3-4-5(10-8)2-6(12)11-7(4)13;1-2/h6H,3-5H2,1-2H3,(H,12,13,18);3H,2H2,1H3,(H,11,12,13);1-2H3. The van der Waals surface area contributed by atoms with Gasteiger partial charge in [-0.05, 0) is 32.3 Å². The first-order valence-corrected chi connectivity index (χ1v) is 12.1. The smallest absolute Gasteiger partial charge is 0.341 e. The van der Waals surface area contributed by atoms with Crippen molar-refractivity contribution in [3.8, 4) is 0 Å². The molecule has 2 aromatic heterocycles. The van der Waals surface area contributed by atoms with Crippen LogP contribution in [-0.2, 0) is 31.9 Å².